The molecule has 0 unspecified atom stereocenters. The van der Waals surface area contributed by atoms with Gasteiger partial charge in [0, 0.05) is 5.75 Å². The molecule has 0 radical (unpaired) electrons. The molecule has 2 fully saturated rings. The van der Waals surface area contributed by atoms with E-state index < -0.39 is 58.6 Å². The number of rotatable bonds is 7. The summed E-state index contributed by atoms with van der Waals surface area (Å²) in [5.41, 5.74) is 0.796. The summed E-state index contributed by atoms with van der Waals surface area (Å²) >= 11 is 1.34. The van der Waals surface area contributed by atoms with Crippen LogP contribution in [0.5, 0.6) is 0 Å². The predicted molar refractivity (Wildman–Crippen MR) is 139 cm³/mol. The first-order valence-electron chi connectivity index (χ1n) is 11.9. The number of nitrogens with one attached hydrogen (secondary N) is 1. The predicted octanol–water partition coefficient (Wildman–Crippen LogP) is 3.33. The molecule has 38 heavy (non-hydrogen) atoms. The Hall–Kier alpha value is -3.22. The minimum absolute atomic E-state index is 0.270. The SMILES string of the molecule is O=C(O[C@@H]1[C@@H]2NS(=O)(=O)OC[C@@H](O[C@@H]2SCc2ccccc2)[C@H]1OC(=O)c1ccccc1)c1ccccc1. The summed E-state index contributed by atoms with van der Waals surface area (Å²) < 4.78 is 50.7. The van der Waals surface area contributed by atoms with Crippen molar-refractivity contribution < 1.29 is 36.4 Å². The average molecular weight is 556 g/mol. The molecule has 5 atom stereocenters. The molecule has 2 aliphatic rings. The van der Waals surface area contributed by atoms with Gasteiger partial charge in [-0.15, -0.1) is 11.8 Å². The van der Waals surface area contributed by atoms with Crippen molar-refractivity contribution in [3.05, 3.63) is 108 Å². The van der Waals surface area contributed by atoms with E-state index in [9.17, 15) is 18.0 Å². The first-order valence-corrected chi connectivity index (χ1v) is 14.3. The largest absolute Gasteiger partial charge is 0.453 e. The molecule has 0 saturated carbocycles. The molecule has 2 bridgehead atoms. The van der Waals surface area contributed by atoms with Gasteiger partial charge in [-0.2, -0.15) is 13.1 Å². The molecule has 5 rings (SSSR count). The number of thioether (sulfide) groups is 1. The number of ether oxygens (including phenoxy) is 3. The van der Waals surface area contributed by atoms with Crippen LogP contribution in [0.2, 0.25) is 0 Å². The van der Waals surface area contributed by atoms with Gasteiger partial charge in [0.1, 0.15) is 17.6 Å². The normalized spacial score (nSPS) is 26.1. The first kappa shape index (κ1) is 26.4. The van der Waals surface area contributed by atoms with E-state index in [-0.39, 0.29) is 11.1 Å². The summed E-state index contributed by atoms with van der Waals surface area (Å²) in [6.07, 6.45) is -3.35. The van der Waals surface area contributed by atoms with Crippen LogP contribution < -0.4 is 4.72 Å². The van der Waals surface area contributed by atoms with Crippen molar-refractivity contribution in [2.75, 3.05) is 6.61 Å². The van der Waals surface area contributed by atoms with Crippen molar-refractivity contribution in [3.8, 4) is 0 Å². The standard InChI is InChI=1S/C27H25NO8S2/c29-25(19-12-6-2-7-13-19)35-23-21-16-33-38(31,32)28-22(24(23)36-26(30)20-14-8-3-9-15-20)27(34-21)37-17-18-10-4-1-5-11-18/h1-15,21-24,27-28H,16-17H2/t21-,22+,23-,24-,27-/m1/s1. The maximum Gasteiger partial charge on any atom is 0.338 e. The topological polar surface area (TPSA) is 117 Å². The molecule has 9 nitrogen and oxygen atoms in total. The quantitative estimate of drug-likeness (QED) is 0.438. The molecule has 0 aromatic heterocycles. The number of carbonyl (C=O) groups is 2. The number of fused-ring (bicyclic) bond motifs is 3. The van der Waals surface area contributed by atoms with Gasteiger partial charge in [-0.25, -0.2) is 9.59 Å². The molecular weight excluding hydrogens is 530 g/mol. The molecule has 2 saturated heterocycles. The van der Waals surface area contributed by atoms with Gasteiger partial charge in [-0.1, -0.05) is 66.7 Å². The van der Waals surface area contributed by atoms with E-state index in [0.717, 1.165) is 5.56 Å². The average Bonchev–Trinajstić information content (AvgIpc) is 2.94. The van der Waals surface area contributed by atoms with Crippen LogP contribution in [0.25, 0.3) is 0 Å². The Morgan fingerprint density at radius 2 is 1.34 bits per heavy atom. The molecule has 3 aromatic carbocycles. The van der Waals surface area contributed by atoms with Gasteiger partial charge in [0.2, 0.25) is 0 Å². The number of hydrogen-bond acceptors (Lipinski definition) is 9. The Balaban J connectivity index is 1.47. The van der Waals surface area contributed by atoms with Gasteiger partial charge in [0.15, 0.2) is 12.2 Å². The third kappa shape index (κ3) is 6.25. The second-order valence-corrected chi connectivity index (χ2v) is 11.2. The molecule has 0 aliphatic carbocycles. The Kier molecular flexibility index (Phi) is 8.10. The van der Waals surface area contributed by atoms with Crippen LogP contribution in [-0.2, 0) is 34.5 Å². The van der Waals surface area contributed by atoms with E-state index in [4.69, 9.17) is 18.4 Å². The Morgan fingerprint density at radius 3 is 1.92 bits per heavy atom. The van der Waals surface area contributed by atoms with E-state index in [1.54, 1.807) is 60.7 Å². The highest BCUT2D eigenvalue weighted by Gasteiger charge is 2.54. The van der Waals surface area contributed by atoms with E-state index in [0.29, 0.717) is 5.75 Å². The van der Waals surface area contributed by atoms with Crippen LogP contribution in [0.1, 0.15) is 26.3 Å². The van der Waals surface area contributed by atoms with Crippen molar-refractivity contribution in [2.45, 2.75) is 35.5 Å². The van der Waals surface area contributed by atoms with Crippen LogP contribution in [0.15, 0.2) is 91.0 Å². The van der Waals surface area contributed by atoms with Gasteiger partial charge >= 0.3 is 22.2 Å². The first-order chi connectivity index (χ1) is 18.4. The van der Waals surface area contributed by atoms with E-state index in [1.807, 2.05) is 30.3 Å². The van der Waals surface area contributed by atoms with Crippen molar-refractivity contribution in [1.82, 2.24) is 4.72 Å². The zero-order valence-electron chi connectivity index (χ0n) is 20.0. The Morgan fingerprint density at radius 1 is 0.816 bits per heavy atom. The highest BCUT2D eigenvalue weighted by Crippen LogP contribution is 2.36. The van der Waals surface area contributed by atoms with Crippen LogP contribution in [-0.4, -0.2) is 56.8 Å². The van der Waals surface area contributed by atoms with Gasteiger partial charge in [-0.3, -0.25) is 4.18 Å². The molecule has 198 valence electrons. The van der Waals surface area contributed by atoms with E-state index >= 15 is 0 Å². The minimum atomic E-state index is -4.20. The molecule has 0 amide bonds. The summed E-state index contributed by atoms with van der Waals surface area (Å²) in [5.74, 6) is -0.845. The maximum atomic E-state index is 13.1. The molecule has 2 heterocycles. The third-order valence-corrected chi connectivity index (χ3v) is 8.32. The van der Waals surface area contributed by atoms with Gasteiger partial charge in [-0.05, 0) is 29.8 Å². The summed E-state index contributed by atoms with van der Waals surface area (Å²) in [6.45, 7) is -0.434. The molecular formula is C27H25NO8S2. The number of esters is 2. The van der Waals surface area contributed by atoms with Crippen molar-refractivity contribution in [3.63, 3.8) is 0 Å². The fourth-order valence-electron chi connectivity index (χ4n) is 4.23. The van der Waals surface area contributed by atoms with Gasteiger partial charge in [0.25, 0.3) is 0 Å². The van der Waals surface area contributed by atoms with Crippen molar-refractivity contribution >= 4 is 34.0 Å². The summed E-state index contributed by atoms with van der Waals surface area (Å²) in [4.78, 5) is 26.1. The monoisotopic (exact) mass is 555 g/mol. The highest BCUT2D eigenvalue weighted by molar-refractivity contribution is 7.99. The van der Waals surface area contributed by atoms with Crippen LogP contribution in [0.4, 0.5) is 0 Å². The van der Waals surface area contributed by atoms with E-state index in [1.165, 1.54) is 11.8 Å². The molecule has 1 N–H and O–H groups in total. The minimum Gasteiger partial charge on any atom is -0.453 e. The summed E-state index contributed by atoms with van der Waals surface area (Å²) in [5, 5.41) is 0. The second kappa shape index (κ2) is 11.7. The lowest BCUT2D eigenvalue weighted by Crippen LogP contribution is -2.67. The molecule has 2 aliphatic heterocycles. The lowest BCUT2D eigenvalue weighted by molar-refractivity contribution is -0.174. The maximum absolute atomic E-state index is 13.1. The Bertz CT molecular complexity index is 1360. The number of benzene rings is 3. The zero-order chi connectivity index (χ0) is 26.5. The Labute approximate surface area is 224 Å². The van der Waals surface area contributed by atoms with Crippen molar-refractivity contribution in [2.24, 2.45) is 0 Å². The third-order valence-electron chi connectivity index (χ3n) is 6.08. The van der Waals surface area contributed by atoms with Crippen LogP contribution in [0.3, 0.4) is 0 Å². The van der Waals surface area contributed by atoms with E-state index in [2.05, 4.69) is 4.72 Å². The number of carbonyl (C=O) groups excluding carboxylic acids is 2. The molecule has 3 aromatic rings. The lowest BCUT2D eigenvalue weighted by atomic mass is 9.97. The molecule has 11 heteroatoms. The molecule has 0 spiro atoms. The van der Waals surface area contributed by atoms with Crippen LogP contribution in [0, 0.1) is 0 Å². The van der Waals surface area contributed by atoms with Crippen LogP contribution >= 0.6 is 11.8 Å². The fraction of sp³-hybridized carbons (Fsp3) is 0.259. The smallest absolute Gasteiger partial charge is 0.338 e. The lowest BCUT2D eigenvalue weighted by Gasteiger charge is -2.46. The second-order valence-electron chi connectivity index (χ2n) is 8.69. The van der Waals surface area contributed by atoms with Crippen molar-refractivity contribution in [1.29, 1.82) is 0 Å². The fourth-order valence-corrected chi connectivity index (χ4v) is 6.49. The summed E-state index contributed by atoms with van der Waals surface area (Å²) in [6, 6.07) is 25.1. The number of hydrogen-bond donors (Lipinski definition) is 1. The zero-order valence-corrected chi connectivity index (χ0v) is 21.7. The highest BCUT2D eigenvalue weighted by atomic mass is 32.2. The van der Waals surface area contributed by atoms with Gasteiger partial charge < -0.3 is 14.2 Å². The van der Waals surface area contributed by atoms with Gasteiger partial charge in [0.05, 0.1) is 17.7 Å². The summed E-state index contributed by atoms with van der Waals surface area (Å²) in [7, 11) is -4.20.